The Morgan fingerprint density at radius 3 is 2.55 bits per heavy atom. The standard InChI is InChI=1S/C25H20N2O5S/c28-25-18-8-4-5-9-20(18)26-23-19(25)13-27(33(29,30)14-16-6-2-1-3-7-16)24(23)17-10-11-21-22(12-17)32-15-31-21/h1-12,24H,13-15H2,(H,26,28). The number of nitrogens with one attached hydrogen (secondary N) is 1. The number of fused-ring (bicyclic) bond motifs is 3. The summed E-state index contributed by atoms with van der Waals surface area (Å²) in [6, 6.07) is 21.0. The molecule has 7 nitrogen and oxygen atoms in total. The van der Waals surface area contributed by atoms with Crippen molar-refractivity contribution in [3.8, 4) is 11.5 Å². The van der Waals surface area contributed by atoms with Gasteiger partial charge in [0.05, 0.1) is 11.8 Å². The number of hydrogen-bond donors (Lipinski definition) is 1. The Kier molecular flexibility index (Phi) is 4.53. The largest absolute Gasteiger partial charge is 0.454 e. The van der Waals surface area contributed by atoms with Crippen LogP contribution in [0.3, 0.4) is 0 Å². The summed E-state index contributed by atoms with van der Waals surface area (Å²) in [7, 11) is -3.77. The van der Waals surface area contributed by atoms with Crippen LogP contribution in [0.15, 0.2) is 77.6 Å². The van der Waals surface area contributed by atoms with Gasteiger partial charge >= 0.3 is 0 Å². The Hall–Kier alpha value is -3.62. The monoisotopic (exact) mass is 460 g/mol. The number of sulfonamides is 1. The van der Waals surface area contributed by atoms with Crippen molar-refractivity contribution in [2.45, 2.75) is 18.3 Å². The summed E-state index contributed by atoms with van der Waals surface area (Å²) in [5.41, 5.74) is 2.98. The lowest BCUT2D eigenvalue weighted by Gasteiger charge is -2.25. The van der Waals surface area contributed by atoms with Crippen LogP contribution >= 0.6 is 0 Å². The molecule has 0 spiro atoms. The molecular formula is C25H20N2O5S. The van der Waals surface area contributed by atoms with Gasteiger partial charge in [0.2, 0.25) is 16.8 Å². The molecule has 1 atom stereocenters. The highest BCUT2D eigenvalue weighted by Gasteiger charge is 2.41. The molecule has 0 bridgehead atoms. The third kappa shape index (κ3) is 3.30. The van der Waals surface area contributed by atoms with Gasteiger partial charge in [-0.25, -0.2) is 8.42 Å². The molecule has 0 aliphatic carbocycles. The Bertz CT molecular complexity index is 1550. The highest BCUT2D eigenvalue weighted by atomic mass is 32.2. The first-order chi connectivity index (χ1) is 16.0. The molecule has 4 aromatic rings. The number of para-hydroxylation sites is 1. The molecule has 3 heterocycles. The molecule has 166 valence electrons. The van der Waals surface area contributed by atoms with E-state index >= 15 is 0 Å². The molecule has 2 aliphatic rings. The zero-order chi connectivity index (χ0) is 22.6. The molecule has 2 aliphatic heterocycles. The van der Waals surface area contributed by atoms with E-state index in [0.29, 0.717) is 44.8 Å². The predicted molar refractivity (Wildman–Crippen MR) is 124 cm³/mol. The summed E-state index contributed by atoms with van der Waals surface area (Å²) in [5, 5.41) is 0.544. The quantitative estimate of drug-likeness (QED) is 0.502. The smallest absolute Gasteiger partial charge is 0.231 e. The van der Waals surface area contributed by atoms with Crippen molar-refractivity contribution in [1.82, 2.24) is 9.29 Å². The van der Waals surface area contributed by atoms with Gasteiger partial charge in [0.15, 0.2) is 16.9 Å². The van der Waals surface area contributed by atoms with Gasteiger partial charge in [-0.05, 0) is 35.4 Å². The maximum absolute atomic E-state index is 13.6. The van der Waals surface area contributed by atoms with Gasteiger partial charge in [0.1, 0.15) is 0 Å². The maximum atomic E-state index is 13.6. The number of aromatic nitrogens is 1. The molecule has 0 amide bonds. The minimum atomic E-state index is -3.77. The van der Waals surface area contributed by atoms with Gasteiger partial charge in [-0.1, -0.05) is 48.5 Å². The van der Waals surface area contributed by atoms with Gasteiger partial charge in [-0.3, -0.25) is 4.79 Å². The van der Waals surface area contributed by atoms with Crippen molar-refractivity contribution in [2.24, 2.45) is 0 Å². The highest BCUT2D eigenvalue weighted by Crippen LogP contribution is 2.43. The van der Waals surface area contributed by atoms with Crippen LogP contribution < -0.4 is 14.9 Å². The fourth-order valence-corrected chi connectivity index (χ4v) is 6.27. The minimum Gasteiger partial charge on any atom is -0.454 e. The predicted octanol–water partition coefficient (Wildman–Crippen LogP) is 3.69. The molecule has 6 rings (SSSR count). The maximum Gasteiger partial charge on any atom is 0.231 e. The average Bonchev–Trinajstić information content (AvgIpc) is 3.44. The SMILES string of the molecule is O=c1c2c([nH]c3ccccc13)C(c1ccc3c(c1)OCO3)N(S(=O)(=O)Cc1ccccc1)C2. The third-order valence-corrected chi connectivity index (χ3v) is 7.93. The molecule has 1 N–H and O–H groups in total. The number of ether oxygens (including phenoxy) is 2. The summed E-state index contributed by atoms with van der Waals surface area (Å²) in [5.74, 6) is 1.02. The van der Waals surface area contributed by atoms with E-state index in [1.165, 1.54) is 4.31 Å². The number of H-pyrrole nitrogens is 1. The van der Waals surface area contributed by atoms with Crippen molar-refractivity contribution in [1.29, 1.82) is 0 Å². The van der Waals surface area contributed by atoms with E-state index in [1.807, 2.05) is 36.4 Å². The molecule has 8 heteroatoms. The second-order valence-corrected chi connectivity index (χ2v) is 10.1. The van der Waals surface area contributed by atoms with Crippen LogP contribution in [0, 0.1) is 0 Å². The van der Waals surface area contributed by atoms with Crippen molar-refractivity contribution < 1.29 is 17.9 Å². The molecular weight excluding hydrogens is 440 g/mol. The van der Waals surface area contributed by atoms with Crippen molar-refractivity contribution in [2.75, 3.05) is 6.79 Å². The van der Waals surface area contributed by atoms with Gasteiger partial charge in [0, 0.05) is 28.7 Å². The number of aromatic amines is 1. The summed E-state index contributed by atoms with van der Waals surface area (Å²) in [4.78, 5) is 16.7. The Labute approximate surface area is 190 Å². The van der Waals surface area contributed by atoms with Crippen molar-refractivity contribution in [3.05, 3.63) is 105 Å². The summed E-state index contributed by atoms with van der Waals surface area (Å²) in [6.45, 7) is 0.126. The van der Waals surface area contributed by atoms with E-state index in [4.69, 9.17) is 9.47 Å². The Morgan fingerprint density at radius 1 is 0.939 bits per heavy atom. The van der Waals surface area contributed by atoms with Crippen molar-refractivity contribution in [3.63, 3.8) is 0 Å². The molecule has 0 saturated carbocycles. The lowest BCUT2D eigenvalue weighted by Crippen LogP contribution is -2.31. The summed E-state index contributed by atoms with van der Waals surface area (Å²) >= 11 is 0. The average molecular weight is 461 g/mol. The van der Waals surface area contributed by atoms with E-state index in [-0.39, 0.29) is 24.5 Å². The van der Waals surface area contributed by atoms with Gasteiger partial charge < -0.3 is 14.5 Å². The van der Waals surface area contributed by atoms with Crippen LogP contribution in [-0.2, 0) is 22.3 Å². The first-order valence-electron chi connectivity index (χ1n) is 10.6. The van der Waals surface area contributed by atoms with E-state index < -0.39 is 16.1 Å². The first kappa shape index (κ1) is 20.0. The van der Waals surface area contributed by atoms with E-state index in [9.17, 15) is 13.2 Å². The van der Waals surface area contributed by atoms with Crippen LogP contribution in [0.1, 0.15) is 28.4 Å². The number of hydrogen-bond acceptors (Lipinski definition) is 5. The topological polar surface area (TPSA) is 88.7 Å². The van der Waals surface area contributed by atoms with Crippen LogP contribution in [0.2, 0.25) is 0 Å². The number of benzene rings is 3. The van der Waals surface area contributed by atoms with Gasteiger partial charge in [-0.15, -0.1) is 0 Å². The minimum absolute atomic E-state index is 0.00375. The molecule has 3 aromatic carbocycles. The van der Waals surface area contributed by atoms with E-state index in [0.717, 1.165) is 0 Å². The number of pyridine rings is 1. The summed E-state index contributed by atoms with van der Waals surface area (Å²) in [6.07, 6.45) is 0. The number of rotatable bonds is 4. The van der Waals surface area contributed by atoms with Crippen molar-refractivity contribution >= 4 is 20.9 Å². The first-order valence-corrected chi connectivity index (χ1v) is 12.2. The molecule has 0 saturated heterocycles. The fourth-order valence-electron chi connectivity index (χ4n) is 4.62. The van der Waals surface area contributed by atoms with Crippen LogP contribution in [-0.4, -0.2) is 24.5 Å². The molecule has 1 unspecified atom stereocenters. The van der Waals surface area contributed by atoms with Crippen LogP contribution in [0.5, 0.6) is 11.5 Å². The molecule has 33 heavy (non-hydrogen) atoms. The van der Waals surface area contributed by atoms with Crippen LogP contribution in [0.25, 0.3) is 10.9 Å². The number of nitrogens with zero attached hydrogens (tertiary/aromatic N) is 1. The van der Waals surface area contributed by atoms with E-state index in [2.05, 4.69) is 4.98 Å². The normalized spacial score (nSPS) is 17.4. The van der Waals surface area contributed by atoms with Crippen LogP contribution in [0.4, 0.5) is 0 Å². The summed E-state index contributed by atoms with van der Waals surface area (Å²) < 4.78 is 39.7. The second-order valence-electron chi connectivity index (χ2n) is 8.19. The third-order valence-electron chi connectivity index (χ3n) is 6.18. The van der Waals surface area contributed by atoms with Gasteiger partial charge in [0.25, 0.3) is 0 Å². The highest BCUT2D eigenvalue weighted by molar-refractivity contribution is 7.88. The lowest BCUT2D eigenvalue weighted by atomic mass is 10.0. The Balaban J connectivity index is 1.53. The molecule has 0 radical (unpaired) electrons. The zero-order valence-corrected chi connectivity index (χ0v) is 18.3. The zero-order valence-electron chi connectivity index (χ0n) is 17.5. The van der Waals surface area contributed by atoms with E-state index in [1.54, 1.807) is 36.4 Å². The molecule has 1 aromatic heterocycles. The van der Waals surface area contributed by atoms with Gasteiger partial charge in [-0.2, -0.15) is 4.31 Å². The Morgan fingerprint density at radius 2 is 1.70 bits per heavy atom. The lowest BCUT2D eigenvalue weighted by molar-refractivity contribution is 0.174. The second kappa shape index (κ2) is 7.47. The fraction of sp³-hybridized carbons (Fsp3) is 0.160. The molecule has 0 fully saturated rings.